The average molecular weight is 308 g/mol. The molecule has 2 saturated heterocycles. The van der Waals surface area contributed by atoms with Gasteiger partial charge < -0.3 is 27.5 Å². The van der Waals surface area contributed by atoms with Gasteiger partial charge in [0.2, 0.25) is 0 Å². The molecule has 0 amide bonds. The summed E-state index contributed by atoms with van der Waals surface area (Å²) >= 11 is 0. The number of hydrogen-bond acceptors (Lipinski definition) is 6. The average Bonchev–Trinajstić information content (AvgIpc) is 3.25. The largest absolute Gasteiger partial charge is 0.497 e. The molecule has 2 atom stereocenters. The number of ether oxygens (including phenoxy) is 3. The summed E-state index contributed by atoms with van der Waals surface area (Å²) in [6.45, 7) is 13.0. The topological polar surface area (TPSA) is 62.0 Å². The quantitative estimate of drug-likeness (QED) is 0.450. The van der Waals surface area contributed by atoms with Gasteiger partial charge in [-0.25, -0.2) is 0 Å². The van der Waals surface area contributed by atoms with E-state index >= 15 is 0 Å². The highest BCUT2D eigenvalue weighted by Gasteiger charge is 2.33. The maximum absolute atomic E-state index is 5.40. The van der Waals surface area contributed by atoms with Gasteiger partial charge in [-0.2, -0.15) is 0 Å². The van der Waals surface area contributed by atoms with Crippen LogP contribution in [0.3, 0.4) is 0 Å². The highest BCUT2D eigenvalue weighted by molar-refractivity contribution is 6.59. The first-order valence-electron chi connectivity index (χ1n) is 7.36. The van der Waals surface area contributed by atoms with E-state index in [1.807, 2.05) is 27.3 Å². The lowest BCUT2D eigenvalue weighted by Crippen LogP contribution is -2.42. The summed E-state index contributed by atoms with van der Waals surface area (Å²) in [6.07, 6.45) is 0.785. The van der Waals surface area contributed by atoms with Gasteiger partial charge in [-0.3, -0.25) is 0 Å². The summed E-state index contributed by atoms with van der Waals surface area (Å²) in [5, 5.41) is 0. The molecule has 2 heterocycles. The van der Waals surface area contributed by atoms with Gasteiger partial charge >= 0.3 is 8.80 Å². The fourth-order valence-electron chi connectivity index (χ4n) is 1.57. The van der Waals surface area contributed by atoms with Crippen molar-refractivity contribution >= 4 is 8.80 Å². The summed E-state index contributed by atoms with van der Waals surface area (Å²) in [6, 6.07) is 0. The third-order valence-corrected chi connectivity index (χ3v) is 5.07. The lowest BCUT2D eigenvalue weighted by molar-refractivity contribution is 0.0783. The molecule has 0 aromatic heterocycles. The van der Waals surface area contributed by atoms with E-state index in [1.54, 1.807) is 0 Å². The fourth-order valence-corrected chi connectivity index (χ4v) is 3.39. The van der Waals surface area contributed by atoms with Crippen molar-refractivity contribution in [1.82, 2.24) is 0 Å². The molecule has 0 aliphatic carbocycles. The molecule has 2 aliphatic rings. The van der Waals surface area contributed by atoms with Gasteiger partial charge in [0.15, 0.2) is 0 Å². The standard InChI is InChI=1S/C7H18O3Si.C6H10O3/c1-5-8-11(4,9-6-2)10-7-3;1(5-3-8-5)7-2-6-4-9-6/h5-7H2,1-4H3;5-6H,1-4H2. The Labute approximate surface area is 123 Å². The molecule has 2 aliphatic heterocycles. The molecule has 0 N–H and O–H groups in total. The molecule has 2 fully saturated rings. The number of hydrogen-bond donors (Lipinski definition) is 0. The van der Waals surface area contributed by atoms with Gasteiger partial charge in [0.25, 0.3) is 0 Å². The molecular formula is C13H28O6Si. The zero-order valence-corrected chi connectivity index (χ0v) is 14.1. The molecule has 0 bridgehead atoms. The molecule has 2 rings (SSSR count). The summed E-state index contributed by atoms with van der Waals surface area (Å²) in [7, 11) is -2.25. The minimum atomic E-state index is -2.25. The van der Waals surface area contributed by atoms with E-state index < -0.39 is 8.80 Å². The molecule has 2 unspecified atom stereocenters. The summed E-state index contributed by atoms with van der Waals surface area (Å²) in [4.78, 5) is 0. The Morgan fingerprint density at radius 2 is 1.20 bits per heavy atom. The van der Waals surface area contributed by atoms with Crippen LogP contribution in [0.5, 0.6) is 0 Å². The fraction of sp³-hybridized carbons (Fsp3) is 1.00. The van der Waals surface area contributed by atoms with Crippen LogP contribution >= 0.6 is 0 Å². The van der Waals surface area contributed by atoms with Crippen LogP contribution in [0.1, 0.15) is 20.8 Å². The zero-order chi connectivity index (χ0) is 14.8. The summed E-state index contributed by atoms with van der Waals surface area (Å²) in [5.41, 5.74) is 0. The van der Waals surface area contributed by atoms with Crippen LogP contribution in [0.25, 0.3) is 0 Å². The Bertz CT molecular complexity index is 216. The first kappa shape index (κ1) is 18.0. The molecule has 0 saturated carbocycles. The van der Waals surface area contributed by atoms with Crippen LogP contribution in [0, 0.1) is 0 Å². The molecule has 0 aromatic carbocycles. The minimum absolute atomic E-state index is 0.392. The Kier molecular flexibility index (Phi) is 8.86. The van der Waals surface area contributed by atoms with Crippen molar-refractivity contribution in [2.45, 2.75) is 39.5 Å². The Hall–Kier alpha value is -0.0231. The first-order valence-corrected chi connectivity index (χ1v) is 9.58. The molecule has 0 aromatic rings. The van der Waals surface area contributed by atoms with Crippen molar-refractivity contribution in [2.75, 3.05) is 46.2 Å². The van der Waals surface area contributed by atoms with Crippen LogP contribution in [0.15, 0.2) is 0 Å². The highest BCUT2D eigenvalue weighted by Crippen LogP contribution is 2.12. The van der Waals surface area contributed by atoms with E-state index in [4.69, 9.17) is 27.5 Å². The number of epoxide rings is 2. The van der Waals surface area contributed by atoms with Gasteiger partial charge in [-0.1, -0.05) is 0 Å². The maximum Gasteiger partial charge on any atom is 0.497 e. The molecule has 7 heteroatoms. The van der Waals surface area contributed by atoms with Gasteiger partial charge in [-0.05, 0) is 20.8 Å². The van der Waals surface area contributed by atoms with E-state index in [-0.39, 0.29) is 0 Å². The Morgan fingerprint density at radius 1 is 0.850 bits per heavy atom. The van der Waals surface area contributed by atoms with E-state index in [0.717, 1.165) is 26.4 Å². The van der Waals surface area contributed by atoms with Crippen LogP contribution in [-0.4, -0.2) is 67.3 Å². The molecule has 120 valence electrons. The predicted molar refractivity (Wildman–Crippen MR) is 76.8 cm³/mol. The highest BCUT2D eigenvalue weighted by atomic mass is 28.4. The minimum Gasteiger partial charge on any atom is -0.376 e. The van der Waals surface area contributed by atoms with Crippen molar-refractivity contribution < 1.29 is 27.5 Å². The zero-order valence-electron chi connectivity index (χ0n) is 13.1. The first-order chi connectivity index (χ1) is 9.63. The monoisotopic (exact) mass is 308 g/mol. The smallest absolute Gasteiger partial charge is 0.376 e. The lowest BCUT2D eigenvalue weighted by atomic mass is 10.5. The van der Waals surface area contributed by atoms with Crippen molar-refractivity contribution in [2.24, 2.45) is 0 Å². The van der Waals surface area contributed by atoms with Gasteiger partial charge in [-0.15, -0.1) is 0 Å². The molecule has 0 spiro atoms. The third kappa shape index (κ3) is 9.01. The summed E-state index contributed by atoms with van der Waals surface area (Å²) in [5.74, 6) is 0. The Morgan fingerprint density at radius 3 is 1.45 bits per heavy atom. The van der Waals surface area contributed by atoms with Gasteiger partial charge in [0.05, 0.1) is 26.4 Å². The predicted octanol–water partition coefficient (Wildman–Crippen LogP) is 1.47. The van der Waals surface area contributed by atoms with Crippen LogP contribution < -0.4 is 0 Å². The van der Waals surface area contributed by atoms with Crippen molar-refractivity contribution in [3.8, 4) is 0 Å². The summed E-state index contributed by atoms with van der Waals surface area (Å²) < 4.78 is 31.3. The Balaban J connectivity index is 0.000000202. The molecule has 6 nitrogen and oxygen atoms in total. The third-order valence-electron chi connectivity index (χ3n) is 2.63. The van der Waals surface area contributed by atoms with Crippen LogP contribution in [0.2, 0.25) is 6.55 Å². The van der Waals surface area contributed by atoms with Gasteiger partial charge in [0, 0.05) is 26.4 Å². The second-order valence-electron chi connectivity index (χ2n) is 4.61. The van der Waals surface area contributed by atoms with Crippen molar-refractivity contribution in [3.63, 3.8) is 0 Å². The van der Waals surface area contributed by atoms with Crippen LogP contribution in [0.4, 0.5) is 0 Å². The molecule has 0 radical (unpaired) electrons. The normalized spacial score (nSPS) is 24.0. The maximum atomic E-state index is 5.40. The number of rotatable bonds is 10. The van der Waals surface area contributed by atoms with E-state index in [2.05, 4.69) is 0 Å². The van der Waals surface area contributed by atoms with Crippen LogP contribution in [-0.2, 0) is 27.5 Å². The SMILES string of the molecule is C(OCC1CO1)C1CO1.CCO[Si](C)(OCC)OCC. The second kappa shape index (κ2) is 9.83. The second-order valence-corrected chi connectivity index (χ2v) is 7.20. The molecular weight excluding hydrogens is 280 g/mol. The van der Waals surface area contributed by atoms with E-state index in [9.17, 15) is 0 Å². The van der Waals surface area contributed by atoms with Gasteiger partial charge in [0.1, 0.15) is 12.2 Å². The lowest BCUT2D eigenvalue weighted by Gasteiger charge is -2.23. The van der Waals surface area contributed by atoms with Crippen molar-refractivity contribution in [1.29, 1.82) is 0 Å². The van der Waals surface area contributed by atoms with E-state index in [1.165, 1.54) is 0 Å². The van der Waals surface area contributed by atoms with E-state index in [0.29, 0.717) is 32.0 Å². The molecule has 20 heavy (non-hydrogen) atoms. The van der Waals surface area contributed by atoms with Crippen molar-refractivity contribution in [3.05, 3.63) is 0 Å².